The second-order valence-corrected chi connectivity index (χ2v) is 9.89. The Hall–Kier alpha value is -4.22. The Labute approximate surface area is 220 Å². The number of hydrogen-bond acceptors (Lipinski definition) is 4. The number of benzene rings is 4. The third kappa shape index (κ3) is 4.91. The number of halogens is 1. The predicted octanol–water partition coefficient (Wildman–Crippen LogP) is 7.59. The number of aromatic nitrogens is 2. The van der Waals surface area contributed by atoms with Crippen molar-refractivity contribution in [3.63, 3.8) is 0 Å². The maximum Gasteiger partial charge on any atom is 0.313 e. The minimum absolute atomic E-state index is 0.565. The van der Waals surface area contributed by atoms with Crippen molar-refractivity contribution in [2.75, 3.05) is 5.32 Å². The maximum absolute atomic E-state index is 11.6. The van der Waals surface area contributed by atoms with Crippen molar-refractivity contribution in [1.29, 1.82) is 0 Å². The van der Waals surface area contributed by atoms with Gasteiger partial charge < -0.3 is 10.4 Å². The van der Waals surface area contributed by atoms with Crippen LogP contribution >= 0.6 is 11.6 Å². The summed E-state index contributed by atoms with van der Waals surface area (Å²) in [5, 5.41) is 23.5. The first kappa shape index (κ1) is 24.5. The van der Waals surface area contributed by atoms with Gasteiger partial charge in [0.25, 0.3) is 0 Å². The van der Waals surface area contributed by atoms with E-state index in [4.69, 9.17) is 11.6 Å². The highest BCUT2D eigenvalue weighted by Gasteiger charge is 2.29. The van der Waals surface area contributed by atoms with Gasteiger partial charge in [0.05, 0.1) is 10.4 Å². The molecule has 5 aromatic rings. The molecule has 0 saturated carbocycles. The topological polar surface area (TPSA) is 75.1 Å². The molecule has 5 rings (SSSR count). The Balaban J connectivity index is 1.48. The molecular formula is C31H26ClN3O2. The van der Waals surface area contributed by atoms with E-state index in [0.717, 1.165) is 44.6 Å². The normalized spacial score (nSPS) is 11.4. The molecule has 0 aliphatic carbocycles. The minimum Gasteiger partial charge on any atom is -0.481 e. The van der Waals surface area contributed by atoms with E-state index in [9.17, 15) is 9.90 Å². The number of carbonyl (C=O) groups is 1. The minimum atomic E-state index is -0.930. The van der Waals surface area contributed by atoms with E-state index >= 15 is 0 Å². The zero-order chi connectivity index (χ0) is 26.0. The van der Waals surface area contributed by atoms with Crippen LogP contribution in [-0.4, -0.2) is 21.3 Å². The highest BCUT2D eigenvalue weighted by atomic mass is 35.5. The molecule has 0 aliphatic rings. The quantitative estimate of drug-likeness (QED) is 0.237. The van der Waals surface area contributed by atoms with E-state index in [0.29, 0.717) is 17.1 Å². The van der Waals surface area contributed by atoms with Crippen molar-refractivity contribution >= 4 is 34.2 Å². The van der Waals surface area contributed by atoms with E-state index in [2.05, 4.69) is 27.6 Å². The second kappa shape index (κ2) is 10.0. The van der Waals surface area contributed by atoms with Gasteiger partial charge in [0.15, 0.2) is 0 Å². The summed E-state index contributed by atoms with van der Waals surface area (Å²) < 4.78 is 0. The molecule has 37 heavy (non-hydrogen) atoms. The Kier molecular flexibility index (Phi) is 6.64. The molecule has 2 N–H and O–H groups in total. The molecular weight excluding hydrogens is 482 g/mol. The van der Waals surface area contributed by atoms with Gasteiger partial charge in [-0.15, -0.1) is 10.2 Å². The summed E-state index contributed by atoms with van der Waals surface area (Å²) in [4.78, 5) is 11.6. The van der Waals surface area contributed by atoms with Crippen molar-refractivity contribution in [3.8, 4) is 22.4 Å². The van der Waals surface area contributed by atoms with Crippen molar-refractivity contribution in [3.05, 3.63) is 113 Å². The molecule has 0 amide bonds. The van der Waals surface area contributed by atoms with Crippen molar-refractivity contribution in [1.82, 2.24) is 10.2 Å². The number of anilines is 1. The number of fused-ring (bicyclic) bond motifs is 1. The van der Waals surface area contributed by atoms with Crippen molar-refractivity contribution in [2.24, 2.45) is 0 Å². The van der Waals surface area contributed by atoms with Crippen LogP contribution in [0.25, 0.3) is 33.3 Å². The van der Waals surface area contributed by atoms with Gasteiger partial charge in [-0.3, -0.25) is 4.79 Å². The highest BCUT2D eigenvalue weighted by Crippen LogP contribution is 2.38. The van der Waals surface area contributed by atoms with Gasteiger partial charge in [0.2, 0.25) is 0 Å². The molecule has 0 atom stereocenters. The zero-order valence-corrected chi connectivity index (χ0v) is 21.3. The number of aliphatic carboxylic acids is 1. The Bertz CT molecular complexity index is 1580. The fourth-order valence-corrected chi connectivity index (χ4v) is 4.55. The lowest BCUT2D eigenvalue weighted by molar-refractivity contribution is -0.142. The summed E-state index contributed by atoms with van der Waals surface area (Å²) in [6.45, 7) is 4.02. The first-order chi connectivity index (χ1) is 17.8. The number of rotatable bonds is 7. The highest BCUT2D eigenvalue weighted by molar-refractivity contribution is 6.35. The summed E-state index contributed by atoms with van der Waals surface area (Å²) in [6.07, 6.45) is 0. The summed E-state index contributed by atoms with van der Waals surface area (Å²) in [6, 6.07) is 31.7. The largest absolute Gasteiger partial charge is 0.481 e. The summed E-state index contributed by atoms with van der Waals surface area (Å²) in [5.41, 5.74) is 6.28. The molecule has 1 aromatic heterocycles. The molecule has 0 bridgehead atoms. The molecule has 0 spiro atoms. The van der Waals surface area contributed by atoms with Gasteiger partial charge in [-0.2, -0.15) is 0 Å². The van der Waals surface area contributed by atoms with Crippen molar-refractivity contribution < 1.29 is 9.90 Å². The summed E-state index contributed by atoms with van der Waals surface area (Å²) in [5.74, 6) is -0.843. The number of carboxylic acid groups (broad SMARTS) is 1. The van der Waals surface area contributed by atoms with Gasteiger partial charge in [-0.1, -0.05) is 90.5 Å². The summed E-state index contributed by atoms with van der Waals surface area (Å²) >= 11 is 6.47. The fourth-order valence-electron chi connectivity index (χ4n) is 4.34. The number of nitrogens with one attached hydrogen (secondary N) is 1. The van der Waals surface area contributed by atoms with Gasteiger partial charge in [0, 0.05) is 28.7 Å². The van der Waals surface area contributed by atoms with Crippen LogP contribution in [0.4, 0.5) is 5.69 Å². The standard InChI is InChI=1S/C31H26ClN3O2/c1-31(2,30(36)37)23-16-14-20(15-17-23)19-33-24-11-6-10-22(18-24)27-25-12-7-13-26(32)29(25)35-34-28(27)21-8-4-3-5-9-21/h3-18,33H,19H2,1-2H3,(H,36,37). The number of nitrogens with zero attached hydrogens (tertiary/aromatic N) is 2. The van der Waals surface area contributed by atoms with E-state index < -0.39 is 11.4 Å². The third-order valence-electron chi connectivity index (χ3n) is 6.65. The van der Waals surface area contributed by atoms with Gasteiger partial charge in [-0.05, 0) is 48.7 Å². The Morgan fingerprint density at radius 3 is 2.30 bits per heavy atom. The first-order valence-electron chi connectivity index (χ1n) is 12.0. The zero-order valence-electron chi connectivity index (χ0n) is 20.6. The molecule has 5 nitrogen and oxygen atoms in total. The van der Waals surface area contributed by atoms with Crippen LogP contribution in [0.5, 0.6) is 0 Å². The molecule has 0 radical (unpaired) electrons. The molecule has 0 saturated heterocycles. The maximum atomic E-state index is 11.6. The van der Waals surface area contributed by atoms with E-state index in [1.54, 1.807) is 13.8 Å². The molecule has 4 aromatic carbocycles. The SMILES string of the molecule is CC(C)(C(=O)O)c1ccc(CNc2cccc(-c3c(-c4ccccc4)nnc4c(Cl)cccc34)c2)cc1. The lowest BCUT2D eigenvalue weighted by Gasteiger charge is -2.20. The Morgan fingerprint density at radius 2 is 1.57 bits per heavy atom. The van der Waals surface area contributed by atoms with Crippen LogP contribution in [0.2, 0.25) is 5.02 Å². The van der Waals surface area contributed by atoms with E-state index in [1.807, 2.05) is 84.9 Å². The van der Waals surface area contributed by atoms with Gasteiger partial charge >= 0.3 is 5.97 Å². The molecule has 0 aliphatic heterocycles. The van der Waals surface area contributed by atoms with Crippen LogP contribution < -0.4 is 5.32 Å². The van der Waals surface area contributed by atoms with Gasteiger partial charge in [0.1, 0.15) is 11.2 Å². The molecule has 0 unspecified atom stereocenters. The smallest absolute Gasteiger partial charge is 0.313 e. The number of hydrogen-bond donors (Lipinski definition) is 2. The van der Waals surface area contributed by atoms with Crippen LogP contribution in [-0.2, 0) is 16.8 Å². The van der Waals surface area contributed by atoms with Gasteiger partial charge in [-0.25, -0.2) is 0 Å². The van der Waals surface area contributed by atoms with Crippen LogP contribution in [0.1, 0.15) is 25.0 Å². The molecule has 6 heteroatoms. The Morgan fingerprint density at radius 1 is 0.865 bits per heavy atom. The van der Waals surface area contributed by atoms with Crippen molar-refractivity contribution in [2.45, 2.75) is 25.8 Å². The molecule has 184 valence electrons. The first-order valence-corrected chi connectivity index (χ1v) is 12.4. The summed E-state index contributed by atoms with van der Waals surface area (Å²) in [7, 11) is 0. The molecule has 0 fully saturated rings. The lowest BCUT2D eigenvalue weighted by atomic mass is 9.84. The number of carboxylic acids is 1. The molecule has 1 heterocycles. The average Bonchev–Trinajstić information content (AvgIpc) is 2.92. The van der Waals surface area contributed by atoms with Crippen LogP contribution in [0.15, 0.2) is 97.1 Å². The average molecular weight is 508 g/mol. The monoisotopic (exact) mass is 507 g/mol. The second-order valence-electron chi connectivity index (χ2n) is 9.49. The van der Waals surface area contributed by atoms with E-state index in [-0.39, 0.29) is 0 Å². The van der Waals surface area contributed by atoms with Crippen LogP contribution in [0.3, 0.4) is 0 Å². The lowest BCUT2D eigenvalue weighted by Crippen LogP contribution is -2.28. The van der Waals surface area contributed by atoms with Crippen LogP contribution in [0, 0.1) is 0 Å². The van der Waals surface area contributed by atoms with E-state index in [1.165, 1.54) is 0 Å². The fraction of sp³-hybridized carbons (Fsp3) is 0.129. The predicted molar refractivity (Wildman–Crippen MR) is 150 cm³/mol. The third-order valence-corrected chi connectivity index (χ3v) is 6.95.